The van der Waals surface area contributed by atoms with Crippen molar-refractivity contribution >= 4 is 38.6 Å². The average Bonchev–Trinajstić information content (AvgIpc) is 3.29. The fourth-order valence-corrected chi connectivity index (χ4v) is 4.69. The molecule has 9 heteroatoms. The Bertz CT molecular complexity index is 1110. The third kappa shape index (κ3) is 5.50. The van der Waals surface area contributed by atoms with Gasteiger partial charge in [0.05, 0.1) is 43.2 Å². The Morgan fingerprint density at radius 3 is 2.52 bits per heavy atom. The van der Waals surface area contributed by atoms with Gasteiger partial charge in [-0.1, -0.05) is 11.3 Å². The third-order valence-electron chi connectivity index (χ3n) is 5.57. The van der Waals surface area contributed by atoms with Crippen molar-refractivity contribution in [1.29, 1.82) is 0 Å². The second-order valence-electron chi connectivity index (χ2n) is 7.66. The van der Waals surface area contributed by atoms with Crippen LogP contribution in [0.5, 0.6) is 5.75 Å². The van der Waals surface area contributed by atoms with E-state index >= 15 is 0 Å². The van der Waals surface area contributed by atoms with Gasteiger partial charge in [-0.15, -0.1) is 0 Å². The van der Waals surface area contributed by atoms with Gasteiger partial charge in [0, 0.05) is 37.8 Å². The van der Waals surface area contributed by atoms with Gasteiger partial charge >= 0.3 is 5.97 Å². The van der Waals surface area contributed by atoms with E-state index in [1.165, 1.54) is 18.4 Å². The number of anilines is 1. The number of aromatic nitrogens is 1. The number of fused-ring (bicyclic) bond motifs is 1. The van der Waals surface area contributed by atoms with Crippen molar-refractivity contribution in [3.8, 4) is 5.75 Å². The van der Waals surface area contributed by atoms with E-state index in [2.05, 4.69) is 4.90 Å². The van der Waals surface area contributed by atoms with E-state index < -0.39 is 5.97 Å². The first-order chi connectivity index (χ1) is 16.1. The molecule has 1 aliphatic heterocycles. The zero-order chi connectivity index (χ0) is 23.2. The van der Waals surface area contributed by atoms with E-state index in [1.54, 1.807) is 36.3 Å². The number of thiazole rings is 1. The Hall–Kier alpha value is -3.01. The SMILES string of the molecule is COC(=O)c1ccc(C(=O)N(CCCN2CCOCC2)c2nc3cc(OC)ccc3s2)cc1. The van der Waals surface area contributed by atoms with Crippen LogP contribution in [0.3, 0.4) is 0 Å². The minimum absolute atomic E-state index is 0.153. The number of carbonyl (C=O) groups excluding carboxylic acids is 2. The molecule has 1 amide bonds. The highest BCUT2D eigenvalue weighted by atomic mass is 32.1. The molecule has 1 fully saturated rings. The minimum Gasteiger partial charge on any atom is -0.497 e. The van der Waals surface area contributed by atoms with Crippen molar-refractivity contribution in [1.82, 2.24) is 9.88 Å². The molecule has 0 saturated carbocycles. The van der Waals surface area contributed by atoms with Gasteiger partial charge in [-0.3, -0.25) is 14.6 Å². The third-order valence-corrected chi connectivity index (χ3v) is 6.63. The minimum atomic E-state index is -0.434. The van der Waals surface area contributed by atoms with Gasteiger partial charge in [0.1, 0.15) is 5.75 Å². The van der Waals surface area contributed by atoms with Gasteiger partial charge in [-0.2, -0.15) is 0 Å². The summed E-state index contributed by atoms with van der Waals surface area (Å²) >= 11 is 1.48. The fourth-order valence-electron chi connectivity index (χ4n) is 3.72. The summed E-state index contributed by atoms with van der Waals surface area (Å²) in [7, 11) is 2.95. The maximum Gasteiger partial charge on any atom is 0.337 e. The number of methoxy groups -OCH3 is 2. The lowest BCUT2D eigenvalue weighted by molar-refractivity contribution is 0.0376. The number of morpholine rings is 1. The van der Waals surface area contributed by atoms with Crippen LogP contribution in [0.1, 0.15) is 27.1 Å². The fraction of sp³-hybridized carbons (Fsp3) is 0.375. The maximum absolute atomic E-state index is 13.5. The quantitative estimate of drug-likeness (QED) is 0.467. The molecule has 0 spiro atoms. The molecule has 174 valence electrons. The molecule has 0 aliphatic carbocycles. The summed E-state index contributed by atoms with van der Waals surface area (Å²) in [4.78, 5) is 34.0. The predicted octanol–water partition coefficient (Wildman–Crippen LogP) is 3.46. The summed E-state index contributed by atoms with van der Waals surface area (Å²) in [5.41, 5.74) is 1.69. The molecule has 33 heavy (non-hydrogen) atoms. The average molecular weight is 470 g/mol. The lowest BCUT2D eigenvalue weighted by Gasteiger charge is -2.27. The molecule has 2 aromatic carbocycles. The number of hydrogen-bond donors (Lipinski definition) is 0. The molecule has 8 nitrogen and oxygen atoms in total. The van der Waals surface area contributed by atoms with Crippen LogP contribution < -0.4 is 9.64 Å². The molecule has 1 aliphatic rings. The van der Waals surface area contributed by atoms with E-state index in [4.69, 9.17) is 19.2 Å². The monoisotopic (exact) mass is 469 g/mol. The van der Waals surface area contributed by atoms with E-state index in [-0.39, 0.29) is 5.91 Å². The van der Waals surface area contributed by atoms with Crippen molar-refractivity contribution in [2.24, 2.45) is 0 Å². The number of esters is 1. The topological polar surface area (TPSA) is 81.2 Å². The summed E-state index contributed by atoms with van der Waals surface area (Å²) in [5, 5.41) is 0.641. The Morgan fingerprint density at radius 2 is 1.82 bits per heavy atom. The van der Waals surface area contributed by atoms with E-state index in [9.17, 15) is 9.59 Å². The maximum atomic E-state index is 13.5. The molecule has 3 aromatic rings. The Labute approximate surface area is 196 Å². The van der Waals surface area contributed by atoms with Crippen molar-refractivity contribution < 1.29 is 23.8 Å². The molecule has 0 atom stereocenters. The van der Waals surface area contributed by atoms with Gasteiger partial charge in [0.15, 0.2) is 5.13 Å². The number of amides is 1. The van der Waals surface area contributed by atoms with Crippen LogP contribution in [0.2, 0.25) is 0 Å². The lowest BCUT2D eigenvalue weighted by atomic mass is 10.1. The van der Waals surface area contributed by atoms with Crippen molar-refractivity contribution in [2.75, 3.05) is 58.5 Å². The van der Waals surface area contributed by atoms with Gasteiger partial charge < -0.3 is 14.2 Å². The first-order valence-electron chi connectivity index (χ1n) is 10.8. The van der Waals surface area contributed by atoms with Crippen molar-refractivity contribution in [2.45, 2.75) is 6.42 Å². The molecule has 0 N–H and O–H groups in total. The van der Waals surface area contributed by atoms with Gasteiger partial charge in [-0.05, 0) is 42.8 Å². The zero-order valence-electron chi connectivity index (χ0n) is 18.8. The molecular weight excluding hydrogens is 442 g/mol. The second-order valence-corrected chi connectivity index (χ2v) is 8.67. The molecular formula is C24H27N3O5S. The van der Waals surface area contributed by atoms with Crippen LogP contribution in [-0.2, 0) is 9.47 Å². The molecule has 0 bridgehead atoms. The molecule has 1 saturated heterocycles. The van der Waals surface area contributed by atoms with Crippen LogP contribution in [0.4, 0.5) is 5.13 Å². The molecule has 0 radical (unpaired) electrons. The number of hydrogen-bond acceptors (Lipinski definition) is 8. The number of nitrogens with zero attached hydrogens (tertiary/aromatic N) is 3. The highest BCUT2D eigenvalue weighted by molar-refractivity contribution is 7.22. The standard InChI is InChI=1S/C24H27N3O5S/c1-30-19-8-9-21-20(16-19)25-24(33-21)27(11-3-10-26-12-14-32-15-13-26)22(28)17-4-6-18(7-5-17)23(29)31-2/h4-9,16H,3,10-15H2,1-2H3. The van der Waals surface area contributed by atoms with Crippen LogP contribution in [0, 0.1) is 0 Å². The Balaban J connectivity index is 1.57. The van der Waals surface area contributed by atoms with Crippen LogP contribution >= 0.6 is 11.3 Å². The Kier molecular flexibility index (Phi) is 7.54. The van der Waals surface area contributed by atoms with Crippen molar-refractivity contribution in [3.05, 3.63) is 53.6 Å². The number of benzene rings is 2. The highest BCUT2D eigenvalue weighted by Gasteiger charge is 2.22. The first-order valence-corrected chi connectivity index (χ1v) is 11.7. The summed E-state index contributed by atoms with van der Waals surface area (Å²) in [6.07, 6.45) is 0.811. The summed E-state index contributed by atoms with van der Waals surface area (Å²) in [6.45, 7) is 4.72. The number of rotatable bonds is 8. The molecule has 0 unspecified atom stereocenters. The van der Waals surface area contributed by atoms with Crippen LogP contribution in [0.25, 0.3) is 10.2 Å². The summed E-state index contributed by atoms with van der Waals surface area (Å²) < 4.78 is 16.5. The number of carbonyl (C=O) groups is 2. The van der Waals surface area contributed by atoms with E-state index in [1.807, 2.05) is 18.2 Å². The smallest absolute Gasteiger partial charge is 0.337 e. The molecule has 2 heterocycles. The van der Waals surface area contributed by atoms with Crippen LogP contribution in [-0.4, -0.2) is 75.4 Å². The zero-order valence-corrected chi connectivity index (χ0v) is 19.6. The van der Waals surface area contributed by atoms with E-state index in [0.717, 1.165) is 55.2 Å². The van der Waals surface area contributed by atoms with Crippen LogP contribution in [0.15, 0.2) is 42.5 Å². The van der Waals surface area contributed by atoms with Gasteiger partial charge in [-0.25, -0.2) is 9.78 Å². The Morgan fingerprint density at radius 1 is 1.09 bits per heavy atom. The largest absolute Gasteiger partial charge is 0.497 e. The lowest BCUT2D eigenvalue weighted by Crippen LogP contribution is -2.39. The highest BCUT2D eigenvalue weighted by Crippen LogP contribution is 2.32. The van der Waals surface area contributed by atoms with E-state index in [0.29, 0.717) is 22.8 Å². The normalized spacial score (nSPS) is 14.2. The first kappa shape index (κ1) is 23.2. The summed E-state index contributed by atoms with van der Waals surface area (Å²) in [5.74, 6) is 0.138. The molecule has 1 aromatic heterocycles. The second kappa shape index (κ2) is 10.7. The predicted molar refractivity (Wildman–Crippen MR) is 128 cm³/mol. The summed E-state index contributed by atoms with van der Waals surface area (Å²) in [6, 6.07) is 12.2. The molecule has 4 rings (SSSR count). The number of ether oxygens (including phenoxy) is 3. The van der Waals surface area contributed by atoms with Crippen molar-refractivity contribution in [3.63, 3.8) is 0 Å². The van der Waals surface area contributed by atoms with Gasteiger partial charge in [0.2, 0.25) is 0 Å². The van der Waals surface area contributed by atoms with Gasteiger partial charge in [0.25, 0.3) is 5.91 Å².